The van der Waals surface area contributed by atoms with Gasteiger partial charge in [0.15, 0.2) is 0 Å². The van der Waals surface area contributed by atoms with Crippen molar-refractivity contribution in [3.8, 4) is 0 Å². The van der Waals surface area contributed by atoms with Crippen molar-refractivity contribution in [1.82, 2.24) is 9.97 Å². The van der Waals surface area contributed by atoms with Crippen LogP contribution in [0, 0.1) is 11.8 Å². The fourth-order valence-corrected chi connectivity index (χ4v) is 3.73. The molecule has 0 aliphatic carbocycles. The van der Waals surface area contributed by atoms with E-state index in [1.807, 2.05) is 18.6 Å². The molecule has 0 atom stereocenters. The quantitative estimate of drug-likeness (QED) is 0.801. The number of thioether (sulfide) groups is 1. The number of hydrogen-bond donors (Lipinski definition) is 0. The van der Waals surface area contributed by atoms with Gasteiger partial charge in [0.25, 0.3) is 0 Å². The molecule has 5 heteroatoms. The first-order valence-electron chi connectivity index (χ1n) is 7.55. The van der Waals surface area contributed by atoms with Crippen LogP contribution >= 0.6 is 11.8 Å². The summed E-state index contributed by atoms with van der Waals surface area (Å²) in [6, 6.07) is 0. The minimum Gasteiger partial charge on any atom is -0.381 e. The molecule has 1 aromatic rings. The van der Waals surface area contributed by atoms with Gasteiger partial charge in [0.1, 0.15) is 10.8 Å². The Bertz CT molecular complexity index is 429. The van der Waals surface area contributed by atoms with Crippen LogP contribution in [0.4, 0.5) is 5.82 Å². The van der Waals surface area contributed by atoms with Gasteiger partial charge in [-0.2, -0.15) is 0 Å². The third kappa shape index (κ3) is 3.26. The zero-order valence-electron chi connectivity index (χ0n) is 12.1. The number of ether oxygens (including phenoxy) is 1. The summed E-state index contributed by atoms with van der Waals surface area (Å²) in [5, 5.41) is 1.01. The van der Waals surface area contributed by atoms with E-state index < -0.39 is 0 Å². The van der Waals surface area contributed by atoms with Gasteiger partial charge in [-0.3, -0.25) is 4.98 Å². The fourth-order valence-electron chi connectivity index (χ4n) is 3.38. The predicted octanol–water partition coefficient (Wildman–Crippen LogP) is 2.84. The van der Waals surface area contributed by atoms with Gasteiger partial charge >= 0.3 is 0 Å². The molecular weight excluding hydrogens is 270 g/mol. The Hall–Kier alpha value is -0.810. The minimum atomic E-state index is 0.881. The summed E-state index contributed by atoms with van der Waals surface area (Å²) in [4.78, 5) is 11.3. The van der Waals surface area contributed by atoms with Crippen LogP contribution in [0.3, 0.4) is 0 Å². The van der Waals surface area contributed by atoms with E-state index >= 15 is 0 Å². The second-order valence-corrected chi connectivity index (χ2v) is 6.52. The molecule has 0 radical (unpaired) electrons. The molecule has 1 aromatic heterocycles. The highest BCUT2D eigenvalue weighted by atomic mass is 32.2. The monoisotopic (exact) mass is 293 g/mol. The topological polar surface area (TPSA) is 38.2 Å². The molecule has 110 valence electrons. The predicted molar refractivity (Wildman–Crippen MR) is 82.3 cm³/mol. The average molecular weight is 293 g/mol. The van der Waals surface area contributed by atoms with Crippen LogP contribution in [0.15, 0.2) is 17.4 Å². The van der Waals surface area contributed by atoms with Crippen molar-refractivity contribution < 1.29 is 4.74 Å². The largest absolute Gasteiger partial charge is 0.381 e. The highest BCUT2D eigenvalue weighted by molar-refractivity contribution is 7.98. The van der Waals surface area contributed by atoms with Gasteiger partial charge in [-0.1, -0.05) is 0 Å². The van der Waals surface area contributed by atoms with Crippen LogP contribution in [-0.4, -0.2) is 42.5 Å². The molecule has 4 nitrogen and oxygen atoms in total. The van der Waals surface area contributed by atoms with E-state index in [1.54, 1.807) is 11.8 Å². The van der Waals surface area contributed by atoms with Crippen LogP contribution < -0.4 is 4.90 Å². The summed E-state index contributed by atoms with van der Waals surface area (Å²) in [5.74, 6) is 2.81. The Labute approximate surface area is 125 Å². The Morgan fingerprint density at radius 3 is 2.50 bits per heavy atom. The lowest BCUT2D eigenvalue weighted by Gasteiger charge is -2.38. The summed E-state index contributed by atoms with van der Waals surface area (Å²) in [5.41, 5.74) is 0. The van der Waals surface area contributed by atoms with Gasteiger partial charge in [0, 0.05) is 26.3 Å². The van der Waals surface area contributed by atoms with Crippen molar-refractivity contribution in [3.63, 3.8) is 0 Å². The van der Waals surface area contributed by atoms with Crippen LogP contribution in [0.2, 0.25) is 0 Å². The Balaban J connectivity index is 1.57. The lowest BCUT2D eigenvalue weighted by atomic mass is 9.80. The molecule has 0 spiro atoms. The Morgan fingerprint density at radius 2 is 1.80 bits per heavy atom. The van der Waals surface area contributed by atoms with Gasteiger partial charge < -0.3 is 9.64 Å². The molecule has 0 unspecified atom stereocenters. The van der Waals surface area contributed by atoms with E-state index in [2.05, 4.69) is 14.9 Å². The van der Waals surface area contributed by atoms with Crippen molar-refractivity contribution >= 4 is 17.6 Å². The van der Waals surface area contributed by atoms with Crippen molar-refractivity contribution in [2.24, 2.45) is 11.8 Å². The molecule has 2 aliphatic rings. The standard InChI is InChI=1S/C15H23N3OS/c1-20-15-11-16-10-14(17-15)18-6-2-12(3-7-18)13-4-8-19-9-5-13/h10-13H,2-9H2,1H3. The Kier molecular flexibility index (Phi) is 4.78. The zero-order valence-corrected chi connectivity index (χ0v) is 12.9. The molecular formula is C15H23N3OS. The number of piperidine rings is 1. The van der Waals surface area contributed by atoms with E-state index in [1.165, 1.54) is 25.7 Å². The molecule has 2 fully saturated rings. The molecule has 0 bridgehead atoms. The first-order valence-corrected chi connectivity index (χ1v) is 8.78. The molecule has 0 N–H and O–H groups in total. The third-order valence-electron chi connectivity index (χ3n) is 4.61. The summed E-state index contributed by atoms with van der Waals surface area (Å²) in [6.07, 6.45) is 10.9. The van der Waals surface area contributed by atoms with Gasteiger partial charge in [-0.25, -0.2) is 4.98 Å². The van der Waals surface area contributed by atoms with Crippen LogP contribution in [0.5, 0.6) is 0 Å². The molecule has 3 rings (SSSR count). The normalized spacial score (nSPS) is 22.1. The number of anilines is 1. The maximum absolute atomic E-state index is 5.48. The van der Waals surface area contributed by atoms with Crippen molar-refractivity contribution in [3.05, 3.63) is 12.4 Å². The van der Waals surface area contributed by atoms with E-state index in [4.69, 9.17) is 4.74 Å². The highest BCUT2D eigenvalue weighted by Crippen LogP contribution is 2.32. The minimum absolute atomic E-state index is 0.881. The highest BCUT2D eigenvalue weighted by Gasteiger charge is 2.28. The average Bonchev–Trinajstić information content (AvgIpc) is 2.56. The first-order chi connectivity index (χ1) is 9.86. The lowest BCUT2D eigenvalue weighted by molar-refractivity contribution is 0.0418. The molecule has 0 saturated carbocycles. The van der Waals surface area contributed by atoms with Crippen LogP contribution in [0.25, 0.3) is 0 Å². The SMILES string of the molecule is CSc1cncc(N2CCC(C3CCOCC3)CC2)n1. The molecule has 20 heavy (non-hydrogen) atoms. The van der Waals surface area contributed by atoms with E-state index in [0.29, 0.717) is 0 Å². The molecule has 2 aliphatic heterocycles. The molecule has 3 heterocycles. The van der Waals surface area contributed by atoms with Gasteiger partial charge in [-0.05, 0) is 43.8 Å². The fraction of sp³-hybridized carbons (Fsp3) is 0.733. The van der Waals surface area contributed by atoms with E-state index in [0.717, 1.165) is 49.0 Å². The first kappa shape index (κ1) is 14.1. The number of nitrogens with zero attached hydrogens (tertiary/aromatic N) is 3. The van der Waals surface area contributed by atoms with Gasteiger partial charge in [0.05, 0.1) is 12.4 Å². The maximum Gasteiger partial charge on any atom is 0.148 e. The van der Waals surface area contributed by atoms with Gasteiger partial charge in [0.2, 0.25) is 0 Å². The van der Waals surface area contributed by atoms with Crippen molar-refractivity contribution in [2.75, 3.05) is 37.5 Å². The summed E-state index contributed by atoms with van der Waals surface area (Å²) in [7, 11) is 0. The maximum atomic E-state index is 5.48. The van der Waals surface area contributed by atoms with Crippen LogP contribution in [-0.2, 0) is 4.74 Å². The summed E-state index contributed by atoms with van der Waals surface area (Å²) in [6.45, 7) is 4.17. The number of hydrogen-bond acceptors (Lipinski definition) is 5. The number of rotatable bonds is 3. The van der Waals surface area contributed by atoms with E-state index in [-0.39, 0.29) is 0 Å². The summed E-state index contributed by atoms with van der Waals surface area (Å²) >= 11 is 1.66. The zero-order chi connectivity index (χ0) is 13.8. The number of aromatic nitrogens is 2. The van der Waals surface area contributed by atoms with Gasteiger partial charge in [-0.15, -0.1) is 11.8 Å². The molecule has 0 aromatic carbocycles. The lowest BCUT2D eigenvalue weighted by Crippen LogP contribution is -2.38. The third-order valence-corrected chi connectivity index (χ3v) is 5.22. The Morgan fingerprint density at radius 1 is 1.10 bits per heavy atom. The van der Waals surface area contributed by atoms with Crippen molar-refractivity contribution in [1.29, 1.82) is 0 Å². The second-order valence-electron chi connectivity index (χ2n) is 5.69. The molecule has 0 amide bonds. The smallest absolute Gasteiger partial charge is 0.148 e. The van der Waals surface area contributed by atoms with Crippen LogP contribution in [0.1, 0.15) is 25.7 Å². The molecule has 2 saturated heterocycles. The second kappa shape index (κ2) is 6.76. The van der Waals surface area contributed by atoms with E-state index in [9.17, 15) is 0 Å². The van der Waals surface area contributed by atoms with Crippen molar-refractivity contribution in [2.45, 2.75) is 30.7 Å². The summed E-state index contributed by atoms with van der Waals surface area (Å²) < 4.78 is 5.48.